The van der Waals surface area contributed by atoms with Crippen LogP contribution >= 0.6 is 11.6 Å². The monoisotopic (exact) mass is 309 g/mol. The Hall–Kier alpha value is -1.39. The van der Waals surface area contributed by atoms with E-state index in [1.165, 1.54) is 6.07 Å². The van der Waals surface area contributed by atoms with Gasteiger partial charge in [0.15, 0.2) is 0 Å². The molecule has 0 saturated carbocycles. The average Bonchev–Trinajstić information content (AvgIpc) is 2.84. The predicted octanol–water partition coefficient (Wildman–Crippen LogP) is 3.97. The molecule has 1 aromatic carbocycles. The van der Waals surface area contributed by atoms with Gasteiger partial charge in [0.25, 0.3) is 0 Å². The van der Waals surface area contributed by atoms with Crippen LogP contribution < -0.4 is 5.32 Å². The summed E-state index contributed by atoms with van der Waals surface area (Å²) < 4.78 is 15.4. The molecule has 0 saturated heterocycles. The molecule has 114 valence electrons. The topological polar surface area (TPSA) is 29.9 Å². The molecule has 21 heavy (non-hydrogen) atoms. The van der Waals surface area contributed by atoms with Crippen molar-refractivity contribution in [3.63, 3.8) is 0 Å². The van der Waals surface area contributed by atoms with Crippen LogP contribution in [0.25, 0.3) is 5.69 Å². The Morgan fingerprint density at radius 1 is 1.38 bits per heavy atom. The van der Waals surface area contributed by atoms with E-state index in [9.17, 15) is 4.39 Å². The second-order valence-electron chi connectivity index (χ2n) is 5.51. The molecule has 0 radical (unpaired) electrons. The molecule has 0 aliphatic rings. The number of hydrogen-bond acceptors (Lipinski definition) is 2. The Morgan fingerprint density at radius 2 is 2.14 bits per heavy atom. The molecule has 0 aliphatic carbocycles. The highest BCUT2D eigenvalue weighted by molar-refractivity contribution is 6.30. The van der Waals surface area contributed by atoms with E-state index >= 15 is 0 Å². The van der Waals surface area contributed by atoms with E-state index in [4.69, 9.17) is 11.6 Å². The van der Waals surface area contributed by atoms with Crippen LogP contribution in [0.3, 0.4) is 0 Å². The molecule has 0 fully saturated rings. The maximum Gasteiger partial charge on any atom is 0.143 e. The second-order valence-corrected chi connectivity index (χ2v) is 5.91. The zero-order chi connectivity index (χ0) is 15.4. The molecule has 0 unspecified atom stereocenters. The smallest absolute Gasteiger partial charge is 0.143 e. The molecular formula is C16H21ClFN3. The Balaban J connectivity index is 2.24. The maximum atomic E-state index is 13.6. The van der Waals surface area contributed by atoms with Gasteiger partial charge in [0.1, 0.15) is 5.82 Å². The van der Waals surface area contributed by atoms with E-state index in [0.29, 0.717) is 11.6 Å². The van der Waals surface area contributed by atoms with Gasteiger partial charge in [-0.2, -0.15) is 5.10 Å². The lowest BCUT2D eigenvalue weighted by Crippen LogP contribution is -2.19. The number of hydrogen-bond donors (Lipinski definition) is 1. The molecule has 5 heteroatoms. The number of aromatic nitrogens is 2. The number of benzene rings is 1. The molecule has 1 N–H and O–H groups in total. The number of nitrogens with zero attached hydrogens (tertiary/aromatic N) is 2. The summed E-state index contributed by atoms with van der Waals surface area (Å²) in [5, 5.41) is 7.93. The van der Waals surface area contributed by atoms with Crippen molar-refractivity contribution in [1.82, 2.24) is 15.1 Å². The Kier molecular flexibility index (Phi) is 5.37. The van der Waals surface area contributed by atoms with Crippen molar-refractivity contribution in [3.05, 3.63) is 46.5 Å². The first kappa shape index (κ1) is 16.0. The fourth-order valence-corrected chi connectivity index (χ4v) is 2.38. The first-order chi connectivity index (χ1) is 10.0. The number of nitrogens with one attached hydrogen (secondary N) is 1. The molecule has 1 heterocycles. The van der Waals surface area contributed by atoms with Crippen LogP contribution in [0.1, 0.15) is 32.0 Å². The van der Waals surface area contributed by atoms with E-state index < -0.39 is 5.82 Å². The molecule has 2 aromatic rings. The van der Waals surface area contributed by atoms with Crippen LogP contribution in [0, 0.1) is 11.7 Å². The molecule has 3 nitrogen and oxygen atoms in total. The van der Waals surface area contributed by atoms with Gasteiger partial charge in [-0.15, -0.1) is 0 Å². The Labute approximate surface area is 130 Å². The van der Waals surface area contributed by atoms with E-state index in [1.807, 2.05) is 6.20 Å². The highest BCUT2D eigenvalue weighted by Gasteiger charge is 2.12. The van der Waals surface area contributed by atoms with Gasteiger partial charge in [0, 0.05) is 23.9 Å². The summed E-state index contributed by atoms with van der Waals surface area (Å²) in [6.07, 6.45) is 2.68. The zero-order valence-electron chi connectivity index (χ0n) is 12.7. The van der Waals surface area contributed by atoms with Gasteiger partial charge in [-0.25, -0.2) is 9.07 Å². The van der Waals surface area contributed by atoms with Crippen molar-refractivity contribution in [3.8, 4) is 5.69 Å². The normalized spacial score (nSPS) is 11.3. The second kappa shape index (κ2) is 7.05. The summed E-state index contributed by atoms with van der Waals surface area (Å²) >= 11 is 5.73. The van der Waals surface area contributed by atoms with E-state index in [0.717, 1.165) is 30.8 Å². The van der Waals surface area contributed by atoms with Gasteiger partial charge in [-0.3, -0.25) is 0 Å². The lowest BCUT2D eigenvalue weighted by atomic mass is 10.2. The van der Waals surface area contributed by atoms with Crippen molar-refractivity contribution in [1.29, 1.82) is 0 Å². The van der Waals surface area contributed by atoms with Gasteiger partial charge in [0.2, 0.25) is 0 Å². The molecule has 0 aliphatic heterocycles. The van der Waals surface area contributed by atoms with Crippen LogP contribution in [-0.2, 0) is 13.0 Å². The third-order valence-electron chi connectivity index (χ3n) is 3.31. The Morgan fingerprint density at radius 3 is 2.76 bits per heavy atom. The van der Waals surface area contributed by atoms with Crippen LogP contribution in [0.4, 0.5) is 4.39 Å². The molecule has 0 atom stereocenters. The van der Waals surface area contributed by atoms with Crippen LogP contribution in [0.5, 0.6) is 0 Å². The average molecular weight is 310 g/mol. The molecule has 0 amide bonds. The molecular weight excluding hydrogens is 289 g/mol. The quantitative estimate of drug-likeness (QED) is 0.875. The summed E-state index contributed by atoms with van der Waals surface area (Å²) in [5.41, 5.74) is 2.94. The van der Waals surface area contributed by atoms with Crippen LogP contribution in [0.15, 0.2) is 24.4 Å². The van der Waals surface area contributed by atoms with Crippen molar-refractivity contribution in [2.45, 2.75) is 33.7 Å². The Bertz CT molecular complexity index is 608. The highest BCUT2D eigenvalue weighted by atomic mass is 35.5. The zero-order valence-corrected chi connectivity index (χ0v) is 13.4. The summed E-state index contributed by atoms with van der Waals surface area (Å²) in [4.78, 5) is 0. The molecule has 1 aromatic heterocycles. The van der Waals surface area contributed by atoms with Gasteiger partial charge in [0.05, 0.1) is 16.9 Å². The van der Waals surface area contributed by atoms with Crippen molar-refractivity contribution < 1.29 is 4.39 Å². The van der Waals surface area contributed by atoms with Crippen LogP contribution in [0.2, 0.25) is 5.02 Å². The fraction of sp³-hybridized carbons (Fsp3) is 0.438. The summed E-state index contributed by atoms with van der Waals surface area (Å²) in [6, 6.07) is 4.76. The largest absolute Gasteiger partial charge is 0.312 e. The third-order valence-corrected chi connectivity index (χ3v) is 3.61. The van der Waals surface area contributed by atoms with E-state index in [1.54, 1.807) is 16.8 Å². The van der Waals surface area contributed by atoms with Crippen LogP contribution in [-0.4, -0.2) is 16.3 Å². The summed E-state index contributed by atoms with van der Waals surface area (Å²) in [7, 11) is 0. The van der Waals surface area contributed by atoms with Crippen molar-refractivity contribution >= 4 is 11.6 Å². The number of rotatable bonds is 6. The molecule has 2 rings (SSSR count). The maximum absolute atomic E-state index is 13.6. The van der Waals surface area contributed by atoms with Gasteiger partial charge in [-0.05, 0) is 31.0 Å². The third kappa shape index (κ3) is 3.83. The van der Waals surface area contributed by atoms with Gasteiger partial charge >= 0.3 is 0 Å². The first-order valence-electron chi connectivity index (χ1n) is 7.24. The minimum Gasteiger partial charge on any atom is -0.312 e. The summed E-state index contributed by atoms with van der Waals surface area (Å²) in [6.45, 7) is 8.16. The van der Waals surface area contributed by atoms with Crippen molar-refractivity contribution in [2.75, 3.05) is 6.54 Å². The van der Waals surface area contributed by atoms with E-state index in [-0.39, 0.29) is 5.02 Å². The summed E-state index contributed by atoms with van der Waals surface area (Å²) in [5.74, 6) is 0.182. The standard InChI is InChI=1S/C16H21ClFN3/c1-4-16-12(9-19-8-11(2)3)10-20-21(16)13-5-6-14(17)15(18)7-13/h5-7,10-11,19H,4,8-9H2,1-3H3. The van der Waals surface area contributed by atoms with Gasteiger partial charge < -0.3 is 5.32 Å². The minimum atomic E-state index is -0.425. The SMILES string of the molecule is CCc1c(CNCC(C)C)cnn1-c1ccc(Cl)c(F)c1. The molecule has 0 bridgehead atoms. The van der Waals surface area contributed by atoms with Crippen molar-refractivity contribution in [2.24, 2.45) is 5.92 Å². The lowest BCUT2D eigenvalue weighted by molar-refractivity contribution is 0.551. The predicted molar refractivity (Wildman–Crippen MR) is 84.5 cm³/mol. The first-order valence-corrected chi connectivity index (χ1v) is 7.62. The number of halogens is 2. The van der Waals surface area contributed by atoms with Gasteiger partial charge in [-0.1, -0.05) is 32.4 Å². The molecule has 0 spiro atoms. The fourth-order valence-electron chi connectivity index (χ4n) is 2.27. The minimum absolute atomic E-state index is 0.128. The highest BCUT2D eigenvalue weighted by Crippen LogP contribution is 2.21. The van der Waals surface area contributed by atoms with E-state index in [2.05, 4.69) is 31.2 Å². The lowest BCUT2D eigenvalue weighted by Gasteiger charge is -2.10.